The summed E-state index contributed by atoms with van der Waals surface area (Å²) in [6, 6.07) is 3.12. The van der Waals surface area contributed by atoms with E-state index in [9.17, 15) is 9.18 Å². The summed E-state index contributed by atoms with van der Waals surface area (Å²) >= 11 is 1.53. The topological polar surface area (TPSA) is 74.2 Å². The first-order valence-corrected chi connectivity index (χ1v) is 10.7. The molecular formula is C21H25FN6OS. The maximum Gasteiger partial charge on any atom is 0.274 e. The third-order valence-corrected chi connectivity index (χ3v) is 6.18. The van der Waals surface area contributed by atoms with E-state index in [-0.39, 0.29) is 11.9 Å². The Hall–Kier alpha value is -2.65. The maximum absolute atomic E-state index is 13.5. The van der Waals surface area contributed by atoms with E-state index in [2.05, 4.69) is 25.2 Å². The number of hydrogen-bond acceptors (Lipinski definition) is 7. The Morgan fingerprint density at radius 3 is 2.80 bits per heavy atom. The van der Waals surface area contributed by atoms with Gasteiger partial charge in [0.05, 0.1) is 22.5 Å². The standard InChI is InChI=1S/C21H25FN6OS/c1-12-5-17-19(30-12)18(20(29)28-10-14(11-28)9-27(3)4)26-21(25-17)24-13(2)15-6-16(22)8-23-7-15/h5-8,13-14H,9-11H2,1-4H3,(H,24,25,26)/t13-/m0/s1. The largest absolute Gasteiger partial charge is 0.348 e. The second kappa shape index (κ2) is 8.23. The number of likely N-dealkylation sites (tertiary alicyclic amines) is 1. The summed E-state index contributed by atoms with van der Waals surface area (Å²) in [5.41, 5.74) is 1.85. The van der Waals surface area contributed by atoms with Gasteiger partial charge in [-0.1, -0.05) is 0 Å². The minimum Gasteiger partial charge on any atom is -0.348 e. The van der Waals surface area contributed by atoms with Gasteiger partial charge < -0.3 is 15.1 Å². The van der Waals surface area contributed by atoms with E-state index < -0.39 is 5.82 Å². The number of anilines is 1. The Bertz CT molecular complexity index is 1080. The van der Waals surface area contributed by atoms with Crippen LogP contribution in [0.2, 0.25) is 0 Å². The third kappa shape index (κ3) is 4.27. The second-order valence-electron chi connectivity index (χ2n) is 8.11. The number of thiophene rings is 1. The Morgan fingerprint density at radius 2 is 2.10 bits per heavy atom. The van der Waals surface area contributed by atoms with Gasteiger partial charge in [0.25, 0.3) is 5.91 Å². The lowest BCUT2D eigenvalue weighted by atomic mass is 9.99. The fraction of sp³-hybridized carbons (Fsp3) is 0.429. The van der Waals surface area contributed by atoms with Crippen LogP contribution in [0.4, 0.5) is 10.3 Å². The lowest BCUT2D eigenvalue weighted by molar-refractivity contribution is 0.0447. The molecule has 1 amide bonds. The van der Waals surface area contributed by atoms with Crippen molar-refractivity contribution in [3.8, 4) is 0 Å². The summed E-state index contributed by atoms with van der Waals surface area (Å²) in [4.78, 5) is 31.3. The minimum absolute atomic E-state index is 0.0672. The monoisotopic (exact) mass is 428 g/mol. The van der Waals surface area contributed by atoms with Crippen LogP contribution in [0.15, 0.2) is 24.5 Å². The van der Waals surface area contributed by atoms with Gasteiger partial charge in [-0.05, 0) is 45.6 Å². The van der Waals surface area contributed by atoms with Gasteiger partial charge in [0.2, 0.25) is 5.95 Å². The molecular weight excluding hydrogens is 403 g/mol. The van der Waals surface area contributed by atoms with E-state index in [0.29, 0.717) is 23.1 Å². The highest BCUT2D eigenvalue weighted by atomic mass is 32.1. The first kappa shape index (κ1) is 20.6. The molecule has 0 unspecified atom stereocenters. The molecule has 7 nitrogen and oxygen atoms in total. The van der Waals surface area contributed by atoms with Crippen LogP contribution in [-0.2, 0) is 0 Å². The van der Waals surface area contributed by atoms with Crippen molar-refractivity contribution in [2.24, 2.45) is 5.92 Å². The number of fused-ring (bicyclic) bond motifs is 1. The number of aryl methyl sites for hydroxylation is 1. The molecule has 3 aromatic rings. The van der Waals surface area contributed by atoms with Crippen molar-refractivity contribution in [1.29, 1.82) is 0 Å². The SMILES string of the molecule is Cc1cc2nc(N[C@@H](C)c3cncc(F)c3)nc(C(=O)N3CC(CN(C)C)C3)c2s1. The number of carbonyl (C=O) groups excluding carboxylic acids is 1. The van der Waals surface area contributed by atoms with Crippen LogP contribution >= 0.6 is 11.3 Å². The van der Waals surface area contributed by atoms with Crippen molar-refractivity contribution in [2.45, 2.75) is 19.9 Å². The molecule has 0 aliphatic carbocycles. The molecule has 0 radical (unpaired) electrons. The molecule has 4 rings (SSSR count). The summed E-state index contributed by atoms with van der Waals surface area (Å²) in [7, 11) is 4.08. The maximum atomic E-state index is 13.5. The van der Waals surface area contributed by atoms with E-state index in [1.54, 1.807) is 6.20 Å². The van der Waals surface area contributed by atoms with Crippen molar-refractivity contribution in [3.05, 3.63) is 46.5 Å². The van der Waals surface area contributed by atoms with Gasteiger partial charge in [-0.2, -0.15) is 0 Å². The number of aromatic nitrogens is 3. The molecule has 1 aliphatic rings. The molecule has 0 spiro atoms. The summed E-state index contributed by atoms with van der Waals surface area (Å²) < 4.78 is 14.3. The second-order valence-corrected chi connectivity index (χ2v) is 9.36. The first-order chi connectivity index (χ1) is 14.3. The predicted molar refractivity (Wildman–Crippen MR) is 116 cm³/mol. The Labute approximate surface area is 179 Å². The number of carbonyl (C=O) groups is 1. The van der Waals surface area contributed by atoms with Gasteiger partial charge in [0.15, 0.2) is 5.69 Å². The van der Waals surface area contributed by atoms with Crippen LogP contribution in [0.5, 0.6) is 0 Å². The lowest BCUT2D eigenvalue weighted by Crippen LogP contribution is -2.53. The summed E-state index contributed by atoms with van der Waals surface area (Å²) in [6.45, 7) is 6.31. The highest BCUT2D eigenvalue weighted by Crippen LogP contribution is 2.30. The molecule has 1 N–H and O–H groups in total. The van der Waals surface area contributed by atoms with E-state index in [1.807, 2.05) is 38.9 Å². The minimum atomic E-state index is -0.396. The lowest BCUT2D eigenvalue weighted by Gasteiger charge is -2.40. The van der Waals surface area contributed by atoms with Crippen molar-refractivity contribution >= 4 is 33.4 Å². The van der Waals surface area contributed by atoms with Crippen molar-refractivity contribution in [2.75, 3.05) is 39.0 Å². The molecule has 30 heavy (non-hydrogen) atoms. The number of rotatable bonds is 6. The highest BCUT2D eigenvalue weighted by Gasteiger charge is 2.33. The molecule has 9 heteroatoms. The average molecular weight is 429 g/mol. The molecule has 1 fully saturated rings. The predicted octanol–water partition coefficient (Wildman–Crippen LogP) is 3.34. The van der Waals surface area contributed by atoms with Gasteiger partial charge in [0.1, 0.15) is 5.82 Å². The Morgan fingerprint density at radius 1 is 1.33 bits per heavy atom. The molecule has 1 atom stereocenters. The van der Waals surface area contributed by atoms with Crippen LogP contribution in [0.25, 0.3) is 10.2 Å². The van der Waals surface area contributed by atoms with Crippen LogP contribution < -0.4 is 5.32 Å². The first-order valence-electron chi connectivity index (χ1n) is 9.89. The van der Waals surface area contributed by atoms with Gasteiger partial charge in [-0.3, -0.25) is 9.78 Å². The molecule has 4 heterocycles. The van der Waals surface area contributed by atoms with E-state index in [1.165, 1.54) is 23.6 Å². The number of nitrogens with one attached hydrogen (secondary N) is 1. The zero-order valence-electron chi connectivity index (χ0n) is 17.5. The van der Waals surface area contributed by atoms with Gasteiger partial charge >= 0.3 is 0 Å². The summed E-state index contributed by atoms with van der Waals surface area (Å²) in [6.07, 6.45) is 2.77. The molecule has 158 valence electrons. The van der Waals surface area contributed by atoms with Crippen LogP contribution in [0.1, 0.15) is 33.9 Å². The summed E-state index contributed by atoms with van der Waals surface area (Å²) in [5.74, 6) is 0.379. The van der Waals surface area contributed by atoms with Crippen molar-refractivity contribution < 1.29 is 9.18 Å². The zero-order valence-corrected chi connectivity index (χ0v) is 18.3. The quantitative estimate of drug-likeness (QED) is 0.649. The smallest absolute Gasteiger partial charge is 0.274 e. The van der Waals surface area contributed by atoms with Gasteiger partial charge in [0, 0.05) is 36.6 Å². The zero-order chi connectivity index (χ0) is 21.4. The van der Waals surface area contributed by atoms with Crippen molar-refractivity contribution in [3.63, 3.8) is 0 Å². The average Bonchev–Trinajstić information content (AvgIpc) is 3.03. The van der Waals surface area contributed by atoms with Crippen molar-refractivity contribution in [1.82, 2.24) is 24.8 Å². The number of pyridine rings is 1. The molecule has 1 saturated heterocycles. The highest BCUT2D eigenvalue weighted by molar-refractivity contribution is 7.19. The number of amides is 1. The van der Waals surface area contributed by atoms with E-state index in [4.69, 9.17) is 0 Å². The number of hydrogen-bond donors (Lipinski definition) is 1. The van der Waals surface area contributed by atoms with Gasteiger partial charge in [-0.15, -0.1) is 11.3 Å². The van der Waals surface area contributed by atoms with Gasteiger partial charge in [-0.25, -0.2) is 14.4 Å². The molecule has 0 aromatic carbocycles. The fourth-order valence-corrected chi connectivity index (χ4v) is 4.65. The Kier molecular flexibility index (Phi) is 5.66. The molecule has 1 aliphatic heterocycles. The third-order valence-electron chi connectivity index (χ3n) is 5.14. The Balaban J connectivity index is 1.59. The fourth-order valence-electron chi connectivity index (χ4n) is 3.72. The molecule has 3 aromatic heterocycles. The van der Waals surface area contributed by atoms with Crippen LogP contribution in [0.3, 0.4) is 0 Å². The van der Waals surface area contributed by atoms with Crippen LogP contribution in [0, 0.1) is 18.7 Å². The normalized spacial score (nSPS) is 15.5. The molecule has 0 bridgehead atoms. The van der Waals surface area contributed by atoms with E-state index >= 15 is 0 Å². The van der Waals surface area contributed by atoms with E-state index in [0.717, 1.165) is 34.7 Å². The number of halogens is 1. The molecule has 0 saturated carbocycles. The van der Waals surface area contributed by atoms with Crippen LogP contribution in [-0.4, -0.2) is 64.4 Å². The number of nitrogens with zero attached hydrogens (tertiary/aromatic N) is 5. The summed E-state index contributed by atoms with van der Waals surface area (Å²) in [5, 5.41) is 3.19.